The molecule has 2 heterocycles. The van der Waals surface area contributed by atoms with Crippen LogP contribution in [0.1, 0.15) is 46.5 Å². The Hall–Kier alpha value is -3.46. The lowest BCUT2D eigenvalue weighted by Crippen LogP contribution is -2.36. The second kappa shape index (κ2) is 13.2. The topological polar surface area (TPSA) is 88.3 Å². The zero-order valence-corrected chi connectivity index (χ0v) is 22.1. The molecule has 2 aliphatic rings. The van der Waals surface area contributed by atoms with Gasteiger partial charge in [0.1, 0.15) is 17.2 Å². The van der Waals surface area contributed by atoms with Crippen LogP contribution < -0.4 is 19.4 Å². The van der Waals surface area contributed by atoms with Crippen molar-refractivity contribution < 1.29 is 19.0 Å². The number of hydrazone groups is 1. The molecule has 1 fully saturated rings. The molecule has 0 spiro atoms. The van der Waals surface area contributed by atoms with Gasteiger partial charge in [-0.2, -0.15) is 20.3 Å². The molecule has 0 aromatic heterocycles. The molecule has 0 unspecified atom stereocenters. The van der Waals surface area contributed by atoms with Crippen molar-refractivity contribution in [3.05, 3.63) is 42.5 Å². The summed E-state index contributed by atoms with van der Waals surface area (Å²) in [4.78, 5) is 15.4. The highest BCUT2D eigenvalue weighted by molar-refractivity contribution is 6.18. The molecule has 9 heteroatoms. The standard InChI is InChI=1S/C28H37N5O4/c1-4-6-15-36-25-20-24(32-13-17-35-18-14-32)26(37-16-7-5-2)19-23(25)29-30-27-21(3)31-33(28(27)34)22-11-9-8-10-12-22/h8-12,19-20,27H,4-7,13-18H2,1-3H3/t27-/m0/s1. The van der Waals surface area contributed by atoms with Crippen molar-refractivity contribution in [2.24, 2.45) is 15.3 Å². The Morgan fingerprint density at radius 3 is 2.35 bits per heavy atom. The van der Waals surface area contributed by atoms with Gasteiger partial charge in [-0.3, -0.25) is 4.79 Å². The van der Waals surface area contributed by atoms with E-state index in [2.05, 4.69) is 34.1 Å². The van der Waals surface area contributed by atoms with Crippen LogP contribution in [0, 0.1) is 0 Å². The van der Waals surface area contributed by atoms with Gasteiger partial charge in [0.25, 0.3) is 5.91 Å². The van der Waals surface area contributed by atoms with Crippen molar-refractivity contribution in [2.75, 3.05) is 49.4 Å². The number of unbranched alkanes of at least 4 members (excludes halogenated alkanes) is 2. The minimum absolute atomic E-state index is 0.231. The summed E-state index contributed by atoms with van der Waals surface area (Å²) in [6.45, 7) is 10.1. The van der Waals surface area contributed by atoms with Gasteiger partial charge in [-0.25, -0.2) is 0 Å². The second-order valence-corrected chi connectivity index (χ2v) is 9.14. The van der Waals surface area contributed by atoms with E-state index in [-0.39, 0.29) is 5.91 Å². The third-order valence-corrected chi connectivity index (χ3v) is 6.28. The first-order valence-electron chi connectivity index (χ1n) is 13.2. The summed E-state index contributed by atoms with van der Waals surface area (Å²) in [6, 6.07) is 12.4. The number of rotatable bonds is 12. The zero-order chi connectivity index (χ0) is 26.0. The van der Waals surface area contributed by atoms with Crippen molar-refractivity contribution >= 4 is 28.7 Å². The number of anilines is 2. The molecule has 0 radical (unpaired) electrons. The van der Waals surface area contributed by atoms with Crippen LogP contribution in [0.25, 0.3) is 0 Å². The Kier molecular flexibility index (Phi) is 9.48. The smallest absolute Gasteiger partial charge is 0.280 e. The largest absolute Gasteiger partial charge is 0.491 e. The summed E-state index contributed by atoms with van der Waals surface area (Å²) < 4.78 is 17.9. The van der Waals surface area contributed by atoms with Gasteiger partial charge in [0.15, 0.2) is 6.04 Å². The number of morpholine rings is 1. The number of amides is 1. The predicted octanol–water partition coefficient (Wildman–Crippen LogP) is 5.76. The molecule has 198 valence electrons. The van der Waals surface area contributed by atoms with E-state index >= 15 is 0 Å². The molecule has 1 amide bonds. The van der Waals surface area contributed by atoms with E-state index in [1.54, 1.807) is 6.92 Å². The summed E-state index contributed by atoms with van der Waals surface area (Å²) in [7, 11) is 0. The number of ether oxygens (including phenoxy) is 3. The fourth-order valence-corrected chi connectivity index (χ4v) is 4.12. The lowest BCUT2D eigenvalue weighted by molar-refractivity contribution is -0.117. The predicted molar refractivity (Wildman–Crippen MR) is 146 cm³/mol. The van der Waals surface area contributed by atoms with E-state index in [1.165, 1.54) is 5.01 Å². The number of hydrogen-bond donors (Lipinski definition) is 0. The SMILES string of the molecule is CCCCOc1cc(N2CCOCC2)c(OCCCC)cc1N=N[C@@H]1C(=O)N(c2ccccc2)N=C1C. The lowest BCUT2D eigenvalue weighted by Gasteiger charge is -2.31. The first-order valence-corrected chi connectivity index (χ1v) is 13.2. The number of hydrogen-bond acceptors (Lipinski definition) is 8. The summed E-state index contributed by atoms with van der Waals surface area (Å²) >= 11 is 0. The average Bonchev–Trinajstić information content (AvgIpc) is 3.22. The van der Waals surface area contributed by atoms with Crippen LogP contribution in [0.4, 0.5) is 17.1 Å². The molecule has 0 saturated carbocycles. The highest BCUT2D eigenvalue weighted by atomic mass is 16.5. The maximum Gasteiger partial charge on any atom is 0.280 e. The monoisotopic (exact) mass is 507 g/mol. The quantitative estimate of drug-likeness (QED) is 0.269. The number of azo groups is 1. The van der Waals surface area contributed by atoms with Gasteiger partial charge < -0.3 is 19.1 Å². The summed E-state index contributed by atoms with van der Waals surface area (Å²) in [5.41, 5.74) is 2.80. The Labute approximate surface area is 219 Å². The fraction of sp³-hybridized carbons (Fsp3) is 0.500. The van der Waals surface area contributed by atoms with Crippen LogP contribution in [-0.2, 0) is 9.53 Å². The summed E-state index contributed by atoms with van der Waals surface area (Å²) in [5, 5.41) is 14.8. The zero-order valence-electron chi connectivity index (χ0n) is 22.1. The molecule has 2 aromatic rings. The van der Waals surface area contributed by atoms with Gasteiger partial charge in [-0.15, -0.1) is 0 Å². The molecule has 4 rings (SSSR count). The van der Waals surface area contributed by atoms with Crippen molar-refractivity contribution in [3.8, 4) is 11.5 Å². The number of carbonyl (C=O) groups excluding carboxylic acids is 1. The number of benzene rings is 2. The van der Waals surface area contributed by atoms with Crippen LogP contribution in [0.3, 0.4) is 0 Å². The van der Waals surface area contributed by atoms with Crippen LogP contribution in [0.2, 0.25) is 0 Å². The molecule has 9 nitrogen and oxygen atoms in total. The van der Waals surface area contributed by atoms with Gasteiger partial charge in [0.05, 0.1) is 43.5 Å². The van der Waals surface area contributed by atoms with Crippen LogP contribution in [0.5, 0.6) is 11.5 Å². The van der Waals surface area contributed by atoms with E-state index in [1.807, 2.05) is 42.5 Å². The molecule has 2 aromatic carbocycles. The Morgan fingerprint density at radius 2 is 1.68 bits per heavy atom. The Morgan fingerprint density at radius 1 is 1.00 bits per heavy atom. The van der Waals surface area contributed by atoms with E-state index < -0.39 is 6.04 Å². The van der Waals surface area contributed by atoms with E-state index in [4.69, 9.17) is 14.2 Å². The molecule has 37 heavy (non-hydrogen) atoms. The molecule has 2 aliphatic heterocycles. The number of nitrogens with zero attached hydrogens (tertiary/aromatic N) is 5. The average molecular weight is 508 g/mol. The van der Waals surface area contributed by atoms with Gasteiger partial charge in [-0.1, -0.05) is 44.9 Å². The van der Waals surface area contributed by atoms with Gasteiger partial charge in [0.2, 0.25) is 0 Å². The Bertz CT molecular complexity index is 1100. The summed E-state index contributed by atoms with van der Waals surface area (Å²) in [6.07, 6.45) is 3.94. The minimum atomic E-state index is -0.785. The first-order chi connectivity index (χ1) is 18.1. The molecular weight excluding hydrogens is 470 g/mol. The van der Waals surface area contributed by atoms with E-state index in [9.17, 15) is 4.79 Å². The first kappa shape index (κ1) is 26.6. The van der Waals surface area contributed by atoms with Gasteiger partial charge in [-0.05, 0) is 31.9 Å². The van der Waals surface area contributed by atoms with Crippen LogP contribution in [-0.4, -0.2) is 57.2 Å². The molecule has 0 aliphatic carbocycles. The Balaban J connectivity index is 1.64. The van der Waals surface area contributed by atoms with Crippen LogP contribution in [0.15, 0.2) is 57.8 Å². The van der Waals surface area contributed by atoms with Crippen molar-refractivity contribution in [3.63, 3.8) is 0 Å². The van der Waals surface area contributed by atoms with Gasteiger partial charge >= 0.3 is 0 Å². The lowest BCUT2D eigenvalue weighted by atomic mass is 10.2. The fourth-order valence-electron chi connectivity index (χ4n) is 4.12. The molecule has 1 saturated heterocycles. The number of para-hydroxylation sites is 1. The third-order valence-electron chi connectivity index (χ3n) is 6.28. The van der Waals surface area contributed by atoms with E-state index in [0.29, 0.717) is 49.3 Å². The number of carbonyl (C=O) groups is 1. The highest BCUT2D eigenvalue weighted by Crippen LogP contribution is 2.41. The third kappa shape index (κ3) is 6.65. The maximum absolute atomic E-state index is 13.1. The van der Waals surface area contributed by atoms with Gasteiger partial charge in [0, 0.05) is 25.2 Å². The summed E-state index contributed by atoms with van der Waals surface area (Å²) in [5.74, 6) is 1.13. The normalized spacial score (nSPS) is 18.0. The van der Waals surface area contributed by atoms with Crippen LogP contribution >= 0.6 is 0 Å². The molecule has 0 N–H and O–H groups in total. The van der Waals surface area contributed by atoms with Crippen molar-refractivity contribution in [2.45, 2.75) is 52.5 Å². The van der Waals surface area contributed by atoms with Crippen molar-refractivity contribution in [1.29, 1.82) is 0 Å². The second-order valence-electron chi connectivity index (χ2n) is 9.14. The molecule has 0 bridgehead atoms. The minimum Gasteiger partial charge on any atom is -0.491 e. The molecule has 1 atom stereocenters. The van der Waals surface area contributed by atoms with Crippen molar-refractivity contribution in [1.82, 2.24) is 0 Å². The highest BCUT2D eigenvalue weighted by Gasteiger charge is 2.34. The maximum atomic E-state index is 13.1. The molecular formula is C28H37N5O4. The van der Waals surface area contributed by atoms with E-state index in [0.717, 1.165) is 50.2 Å².